The van der Waals surface area contributed by atoms with Crippen molar-refractivity contribution in [2.75, 3.05) is 36.4 Å². The number of likely N-dealkylation sites (tertiary alicyclic amines) is 1. The lowest BCUT2D eigenvalue weighted by molar-refractivity contribution is 0.340. The van der Waals surface area contributed by atoms with Gasteiger partial charge in [-0.15, -0.1) is 24.0 Å². The molecule has 0 radical (unpaired) electrons. The first kappa shape index (κ1) is 20.9. The number of nitrogens with zero attached hydrogens (tertiary/aromatic N) is 4. The summed E-state index contributed by atoms with van der Waals surface area (Å²) in [4.78, 5) is 14.3. The van der Waals surface area contributed by atoms with Crippen LogP contribution in [0.2, 0.25) is 0 Å². The quantitative estimate of drug-likeness (QED) is 0.381. The van der Waals surface area contributed by atoms with E-state index in [4.69, 9.17) is 4.99 Å². The molecule has 1 aromatic heterocycles. The monoisotopic (exact) mass is 491 g/mol. The molecule has 2 fully saturated rings. The number of hydrogen-bond donors (Lipinski definition) is 1. The number of anilines is 2. The molecule has 0 aliphatic carbocycles. The van der Waals surface area contributed by atoms with Crippen LogP contribution in [0.5, 0.6) is 0 Å². The van der Waals surface area contributed by atoms with Gasteiger partial charge in [-0.05, 0) is 55.9 Å². The SMILES string of the molecule is I.c1ccc(NC(=NCc2ccc(N3CCCC3)nc2)N2CCCCC2)cc1. The summed E-state index contributed by atoms with van der Waals surface area (Å²) in [6.45, 7) is 5.06. The number of hydrogen-bond acceptors (Lipinski definition) is 3. The van der Waals surface area contributed by atoms with Crippen molar-refractivity contribution >= 4 is 41.4 Å². The van der Waals surface area contributed by atoms with Gasteiger partial charge < -0.3 is 15.1 Å². The smallest absolute Gasteiger partial charge is 0.198 e. The Morgan fingerprint density at radius 3 is 2.29 bits per heavy atom. The third kappa shape index (κ3) is 5.59. The third-order valence-corrected chi connectivity index (χ3v) is 5.34. The number of nitrogens with one attached hydrogen (secondary N) is 1. The van der Waals surface area contributed by atoms with Crippen molar-refractivity contribution in [3.05, 3.63) is 54.2 Å². The van der Waals surface area contributed by atoms with Gasteiger partial charge in [-0.25, -0.2) is 9.98 Å². The fraction of sp³-hybridized carbons (Fsp3) is 0.455. The molecule has 150 valence electrons. The van der Waals surface area contributed by atoms with Crippen LogP contribution in [-0.2, 0) is 6.54 Å². The molecule has 0 unspecified atom stereocenters. The fourth-order valence-electron chi connectivity index (χ4n) is 3.78. The van der Waals surface area contributed by atoms with Gasteiger partial charge in [-0.2, -0.15) is 0 Å². The minimum absolute atomic E-state index is 0. The number of piperidine rings is 1. The van der Waals surface area contributed by atoms with Gasteiger partial charge in [0.25, 0.3) is 0 Å². The van der Waals surface area contributed by atoms with Crippen molar-refractivity contribution in [1.82, 2.24) is 9.88 Å². The summed E-state index contributed by atoms with van der Waals surface area (Å²) < 4.78 is 0. The number of para-hydroxylation sites is 1. The number of halogens is 1. The minimum atomic E-state index is 0. The third-order valence-electron chi connectivity index (χ3n) is 5.34. The summed E-state index contributed by atoms with van der Waals surface area (Å²) >= 11 is 0. The lowest BCUT2D eigenvalue weighted by Crippen LogP contribution is -2.40. The van der Waals surface area contributed by atoms with E-state index >= 15 is 0 Å². The van der Waals surface area contributed by atoms with Gasteiger partial charge in [-0.3, -0.25) is 0 Å². The molecule has 2 aliphatic heterocycles. The van der Waals surface area contributed by atoms with E-state index in [2.05, 4.69) is 56.5 Å². The van der Waals surface area contributed by atoms with E-state index in [1.807, 2.05) is 12.3 Å². The number of aliphatic imine (C=N–C) groups is 1. The first-order valence-corrected chi connectivity index (χ1v) is 10.2. The van der Waals surface area contributed by atoms with E-state index in [1.54, 1.807) is 0 Å². The number of pyridine rings is 1. The Balaban J connectivity index is 0.00000225. The van der Waals surface area contributed by atoms with Gasteiger partial charge in [0.2, 0.25) is 0 Å². The second-order valence-corrected chi connectivity index (χ2v) is 7.40. The minimum Gasteiger partial charge on any atom is -0.357 e. The van der Waals surface area contributed by atoms with Crippen LogP contribution in [0.1, 0.15) is 37.7 Å². The van der Waals surface area contributed by atoms with Crippen LogP contribution in [0.15, 0.2) is 53.7 Å². The summed E-state index contributed by atoms with van der Waals surface area (Å²) in [5.74, 6) is 2.07. The van der Waals surface area contributed by atoms with Crippen LogP contribution in [0.25, 0.3) is 0 Å². The maximum absolute atomic E-state index is 4.92. The van der Waals surface area contributed by atoms with Gasteiger partial charge in [-0.1, -0.05) is 24.3 Å². The molecule has 0 amide bonds. The van der Waals surface area contributed by atoms with E-state index < -0.39 is 0 Å². The molecule has 0 saturated carbocycles. The molecular formula is C22H30IN5. The highest BCUT2D eigenvalue weighted by molar-refractivity contribution is 14.0. The van der Waals surface area contributed by atoms with Gasteiger partial charge in [0.1, 0.15) is 5.82 Å². The maximum atomic E-state index is 4.92. The lowest BCUT2D eigenvalue weighted by atomic mass is 10.1. The normalized spacial score (nSPS) is 17.4. The molecule has 6 heteroatoms. The Labute approximate surface area is 185 Å². The molecule has 0 spiro atoms. The molecule has 0 atom stereocenters. The molecule has 1 aromatic carbocycles. The summed E-state index contributed by atoms with van der Waals surface area (Å²) in [7, 11) is 0. The van der Waals surface area contributed by atoms with E-state index in [9.17, 15) is 0 Å². The van der Waals surface area contributed by atoms with Gasteiger partial charge in [0.15, 0.2) is 5.96 Å². The second kappa shape index (κ2) is 10.6. The number of benzene rings is 1. The molecule has 28 heavy (non-hydrogen) atoms. The van der Waals surface area contributed by atoms with Crippen LogP contribution in [0.4, 0.5) is 11.5 Å². The predicted molar refractivity (Wildman–Crippen MR) is 128 cm³/mol. The molecule has 5 nitrogen and oxygen atoms in total. The number of rotatable bonds is 4. The molecular weight excluding hydrogens is 461 g/mol. The topological polar surface area (TPSA) is 43.8 Å². The Morgan fingerprint density at radius 2 is 1.61 bits per heavy atom. The van der Waals surface area contributed by atoms with Crippen molar-refractivity contribution < 1.29 is 0 Å². The molecule has 2 aromatic rings. The van der Waals surface area contributed by atoms with E-state index in [-0.39, 0.29) is 24.0 Å². The standard InChI is InChI=1S/C22H29N5.HI/c1-3-9-20(10-4-1)25-22(27-15-5-2-6-16-27)24-18-19-11-12-21(23-17-19)26-13-7-8-14-26;/h1,3-4,9-12,17H,2,5-8,13-16,18H2,(H,24,25);1H. The van der Waals surface area contributed by atoms with Gasteiger partial charge in [0, 0.05) is 38.1 Å². The average Bonchev–Trinajstić information content (AvgIpc) is 3.28. The van der Waals surface area contributed by atoms with Crippen LogP contribution >= 0.6 is 24.0 Å². The van der Waals surface area contributed by atoms with Crippen molar-refractivity contribution in [2.45, 2.75) is 38.6 Å². The summed E-state index contributed by atoms with van der Waals surface area (Å²) in [5, 5.41) is 3.52. The summed E-state index contributed by atoms with van der Waals surface area (Å²) in [5.41, 5.74) is 2.24. The fourth-order valence-corrected chi connectivity index (χ4v) is 3.78. The van der Waals surface area contributed by atoms with Crippen molar-refractivity contribution in [3.63, 3.8) is 0 Å². The molecule has 1 N–H and O–H groups in total. The van der Waals surface area contributed by atoms with Crippen molar-refractivity contribution in [3.8, 4) is 0 Å². The van der Waals surface area contributed by atoms with Crippen molar-refractivity contribution in [2.24, 2.45) is 4.99 Å². The molecule has 2 aliphatic rings. The first-order valence-electron chi connectivity index (χ1n) is 10.2. The van der Waals surface area contributed by atoms with Crippen LogP contribution < -0.4 is 10.2 Å². The van der Waals surface area contributed by atoms with Crippen LogP contribution in [-0.4, -0.2) is 42.0 Å². The molecule has 4 rings (SSSR count). The number of aromatic nitrogens is 1. The zero-order valence-corrected chi connectivity index (χ0v) is 18.7. The zero-order valence-electron chi connectivity index (χ0n) is 16.4. The Morgan fingerprint density at radius 1 is 0.893 bits per heavy atom. The molecule has 3 heterocycles. The first-order chi connectivity index (χ1) is 13.4. The van der Waals surface area contributed by atoms with Gasteiger partial charge in [0.05, 0.1) is 6.54 Å². The van der Waals surface area contributed by atoms with Gasteiger partial charge >= 0.3 is 0 Å². The Bertz CT molecular complexity index is 735. The van der Waals surface area contributed by atoms with Crippen molar-refractivity contribution in [1.29, 1.82) is 0 Å². The predicted octanol–water partition coefficient (Wildman–Crippen LogP) is 4.75. The van der Waals surface area contributed by atoms with E-state index in [0.717, 1.165) is 49.2 Å². The highest BCUT2D eigenvalue weighted by Gasteiger charge is 2.16. The molecule has 2 saturated heterocycles. The highest BCUT2D eigenvalue weighted by Crippen LogP contribution is 2.18. The molecule has 0 bridgehead atoms. The highest BCUT2D eigenvalue weighted by atomic mass is 127. The zero-order chi connectivity index (χ0) is 18.3. The Kier molecular flexibility index (Phi) is 7.94. The summed E-state index contributed by atoms with van der Waals surface area (Å²) in [6.07, 6.45) is 8.32. The Hall–Kier alpha value is -1.83. The van der Waals surface area contributed by atoms with Crippen LogP contribution in [0.3, 0.4) is 0 Å². The summed E-state index contributed by atoms with van der Waals surface area (Å²) in [6, 6.07) is 14.6. The lowest BCUT2D eigenvalue weighted by Gasteiger charge is -2.30. The van der Waals surface area contributed by atoms with E-state index in [0.29, 0.717) is 6.54 Å². The van der Waals surface area contributed by atoms with E-state index in [1.165, 1.54) is 32.1 Å². The maximum Gasteiger partial charge on any atom is 0.198 e. The average molecular weight is 491 g/mol. The largest absolute Gasteiger partial charge is 0.357 e. The number of guanidine groups is 1. The second-order valence-electron chi connectivity index (χ2n) is 7.40. The van der Waals surface area contributed by atoms with Crippen LogP contribution in [0, 0.1) is 0 Å².